The molecular formula is C18H27NO3. The molecule has 4 heteroatoms. The van der Waals surface area contributed by atoms with Gasteiger partial charge in [0, 0.05) is 13.0 Å². The topological polar surface area (TPSA) is 58.6 Å². The van der Waals surface area contributed by atoms with E-state index in [2.05, 4.69) is 50.4 Å². The summed E-state index contributed by atoms with van der Waals surface area (Å²) < 4.78 is 5.29. The van der Waals surface area contributed by atoms with Crippen molar-refractivity contribution in [1.29, 1.82) is 0 Å². The average Bonchev–Trinajstić information content (AvgIpc) is 2.94. The average molecular weight is 305 g/mol. The summed E-state index contributed by atoms with van der Waals surface area (Å²) in [5.74, 6) is -0.0283. The molecule has 1 aliphatic rings. The number of benzene rings is 1. The molecule has 2 N–H and O–H groups in total. The molecule has 1 saturated heterocycles. The summed E-state index contributed by atoms with van der Waals surface area (Å²) >= 11 is 0. The van der Waals surface area contributed by atoms with Crippen molar-refractivity contribution < 1.29 is 14.6 Å². The molecule has 0 aliphatic carbocycles. The fraction of sp³-hybridized carbons (Fsp3) is 0.611. The monoisotopic (exact) mass is 305 g/mol. The van der Waals surface area contributed by atoms with Crippen molar-refractivity contribution >= 4 is 5.91 Å². The zero-order chi connectivity index (χ0) is 16.2. The molecule has 1 fully saturated rings. The van der Waals surface area contributed by atoms with Crippen molar-refractivity contribution in [3.8, 4) is 0 Å². The van der Waals surface area contributed by atoms with E-state index in [-0.39, 0.29) is 17.9 Å². The first-order chi connectivity index (χ1) is 10.3. The highest BCUT2D eigenvalue weighted by molar-refractivity contribution is 5.77. The molecule has 1 aromatic carbocycles. The van der Waals surface area contributed by atoms with Gasteiger partial charge in [0.15, 0.2) is 0 Å². The van der Waals surface area contributed by atoms with Crippen LogP contribution >= 0.6 is 0 Å². The predicted molar refractivity (Wildman–Crippen MR) is 86.9 cm³/mol. The van der Waals surface area contributed by atoms with E-state index in [0.29, 0.717) is 32.5 Å². The summed E-state index contributed by atoms with van der Waals surface area (Å²) in [5.41, 5.74) is 2.02. The zero-order valence-electron chi connectivity index (χ0n) is 13.8. The van der Waals surface area contributed by atoms with Crippen molar-refractivity contribution in [3.63, 3.8) is 0 Å². The molecule has 4 nitrogen and oxygen atoms in total. The molecule has 22 heavy (non-hydrogen) atoms. The third-order valence-corrected chi connectivity index (χ3v) is 4.27. The lowest BCUT2D eigenvalue weighted by Crippen LogP contribution is -2.52. The Kier molecular flexibility index (Phi) is 5.24. The van der Waals surface area contributed by atoms with Crippen LogP contribution in [-0.2, 0) is 21.4 Å². The number of hydrogen-bond donors (Lipinski definition) is 2. The van der Waals surface area contributed by atoms with Crippen LogP contribution in [0.1, 0.15) is 44.7 Å². The number of ether oxygens (including phenoxy) is 1. The zero-order valence-corrected chi connectivity index (χ0v) is 13.8. The lowest BCUT2D eigenvalue weighted by Gasteiger charge is -2.26. The number of carbonyl (C=O) groups is 1. The second-order valence-electron chi connectivity index (χ2n) is 7.24. The van der Waals surface area contributed by atoms with Crippen LogP contribution < -0.4 is 5.32 Å². The smallest absolute Gasteiger partial charge is 0.220 e. The first-order valence-electron chi connectivity index (χ1n) is 7.94. The molecule has 1 aromatic rings. The maximum absolute atomic E-state index is 12.1. The van der Waals surface area contributed by atoms with Gasteiger partial charge in [-0.05, 0) is 29.4 Å². The molecular weight excluding hydrogens is 278 g/mol. The summed E-state index contributed by atoms with van der Waals surface area (Å²) in [6.45, 7) is 7.48. The van der Waals surface area contributed by atoms with Gasteiger partial charge in [-0.3, -0.25) is 4.79 Å². The number of carbonyl (C=O) groups excluding carboxylic acids is 1. The van der Waals surface area contributed by atoms with Gasteiger partial charge in [0.25, 0.3) is 0 Å². The minimum atomic E-state index is -0.576. The Morgan fingerprint density at radius 2 is 2.00 bits per heavy atom. The van der Waals surface area contributed by atoms with Crippen LogP contribution in [0.25, 0.3) is 0 Å². The summed E-state index contributed by atoms with van der Waals surface area (Å²) in [7, 11) is 0. The quantitative estimate of drug-likeness (QED) is 0.876. The predicted octanol–water partition coefficient (Wildman–Crippen LogP) is 2.18. The molecule has 122 valence electrons. The standard InChI is InChI=1S/C18H27NO3/c1-17(2,3)15-7-4-14(5-8-15)6-9-16(21)19-18(12-20)10-11-22-13-18/h4-5,7-8,20H,6,9-13H2,1-3H3,(H,19,21). The summed E-state index contributed by atoms with van der Waals surface area (Å²) in [6.07, 6.45) is 1.81. The molecule has 1 amide bonds. The minimum Gasteiger partial charge on any atom is -0.394 e. The van der Waals surface area contributed by atoms with Crippen molar-refractivity contribution in [1.82, 2.24) is 5.32 Å². The molecule has 1 aliphatic heterocycles. The van der Waals surface area contributed by atoms with E-state index in [9.17, 15) is 9.90 Å². The Balaban J connectivity index is 1.86. The van der Waals surface area contributed by atoms with Gasteiger partial charge in [-0.1, -0.05) is 45.0 Å². The summed E-state index contributed by atoms with van der Waals surface area (Å²) in [5, 5.41) is 12.4. The van der Waals surface area contributed by atoms with E-state index >= 15 is 0 Å². The first kappa shape index (κ1) is 17.0. The number of nitrogens with one attached hydrogen (secondary N) is 1. The Labute approximate surface area is 132 Å². The van der Waals surface area contributed by atoms with Gasteiger partial charge in [-0.25, -0.2) is 0 Å². The minimum absolute atomic E-state index is 0.0283. The van der Waals surface area contributed by atoms with Crippen LogP contribution in [0.3, 0.4) is 0 Å². The number of aliphatic hydroxyl groups excluding tert-OH is 1. The van der Waals surface area contributed by atoms with Crippen LogP contribution in [0.4, 0.5) is 0 Å². The van der Waals surface area contributed by atoms with Gasteiger partial charge >= 0.3 is 0 Å². The Bertz CT molecular complexity index is 496. The maximum Gasteiger partial charge on any atom is 0.220 e. The lowest BCUT2D eigenvalue weighted by molar-refractivity contribution is -0.123. The van der Waals surface area contributed by atoms with E-state index < -0.39 is 5.54 Å². The molecule has 1 heterocycles. The molecule has 0 radical (unpaired) electrons. The van der Waals surface area contributed by atoms with Crippen LogP contribution in [0, 0.1) is 0 Å². The molecule has 1 atom stereocenters. The maximum atomic E-state index is 12.1. The summed E-state index contributed by atoms with van der Waals surface area (Å²) in [6, 6.07) is 8.45. The number of aliphatic hydroxyl groups is 1. The largest absolute Gasteiger partial charge is 0.394 e. The number of rotatable bonds is 5. The van der Waals surface area contributed by atoms with E-state index in [1.54, 1.807) is 0 Å². The van der Waals surface area contributed by atoms with Gasteiger partial charge in [-0.2, -0.15) is 0 Å². The fourth-order valence-corrected chi connectivity index (χ4v) is 2.66. The lowest BCUT2D eigenvalue weighted by atomic mass is 9.86. The van der Waals surface area contributed by atoms with E-state index in [1.165, 1.54) is 5.56 Å². The second-order valence-corrected chi connectivity index (χ2v) is 7.24. The Morgan fingerprint density at radius 1 is 1.32 bits per heavy atom. The Morgan fingerprint density at radius 3 is 2.50 bits per heavy atom. The van der Waals surface area contributed by atoms with Crippen molar-refractivity contribution in [3.05, 3.63) is 35.4 Å². The molecule has 0 saturated carbocycles. The SMILES string of the molecule is CC(C)(C)c1ccc(CCC(=O)NC2(CO)CCOC2)cc1. The highest BCUT2D eigenvalue weighted by atomic mass is 16.5. The molecule has 2 rings (SSSR count). The second kappa shape index (κ2) is 6.80. The van der Waals surface area contributed by atoms with E-state index in [1.807, 2.05) is 0 Å². The number of hydrogen-bond acceptors (Lipinski definition) is 3. The van der Waals surface area contributed by atoms with Gasteiger partial charge in [-0.15, -0.1) is 0 Å². The number of aryl methyl sites for hydroxylation is 1. The third kappa shape index (κ3) is 4.31. The van der Waals surface area contributed by atoms with E-state index in [0.717, 1.165) is 5.56 Å². The fourth-order valence-electron chi connectivity index (χ4n) is 2.66. The van der Waals surface area contributed by atoms with Gasteiger partial charge in [0.05, 0.1) is 18.8 Å². The van der Waals surface area contributed by atoms with Crippen LogP contribution in [0.5, 0.6) is 0 Å². The normalized spacial score (nSPS) is 21.8. The highest BCUT2D eigenvalue weighted by Gasteiger charge is 2.35. The first-order valence-corrected chi connectivity index (χ1v) is 7.94. The van der Waals surface area contributed by atoms with E-state index in [4.69, 9.17) is 4.74 Å². The van der Waals surface area contributed by atoms with Gasteiger partial charge in [0.2, 0.25) is 5.91 Å². The highest BCUT2D eigenvalue weighted by Crippen LogP contribution is 2.22. The van der Waals surface area contributed by atoms with Crippen LogP contribution in [0.2, 0.25) is 0 Å². The van der Waals surface area contributed by atoms with Gasteiger partial charge < -0.3 is 15.2 Å². The molecule has 0 spiro atoms. The van der Waals surface area contributed by atoms with Crippen molar-refractivity contribution in [2.75, 3.05) is 19.8 Å². The molecule has 1 unspecified atom stereocenters. The third-order valence-electron chi connectivity index (χ3n) is 4.27. The summed E-state index contributed by atoms with van der Waals surface area (Å²) in [4.78, 5) is 12.1. The van der Waals surface area contributed by atoms with Crippen LogP contribution in [-0.4, -0.2) is 36.4 Å². The van der Waals surface area contributed by atoms with Crippen molar-refractivity contribution in [2.24, 2.45) is 0 Å². The van der Waals surface area contributed by atoms with Crippen molar-refractivity contribution in [2.45, 2.75) is 51.0 Å². The molecule has 0 bridgehead atoms. The number of amides is 1. The molecule has 0 aromatic heterocycles. The van der Waals surface area contributed by atoms with Gasteiger partial charge in [0.1, 0.15) is 0 Å². The van der Waals surface area contributed by atoms with Crippen LogP contribution in [0.15, 0.2) is 24.3 Å². The Hall–Kier alpha value is -1.39.